The summed E-state index contributed by atoms with van der Waals surface area (Å²) in [5.41, 5.74) is 2.24. The zero-order chi connectivity index (χ0) is 18.1. The standard InChI is InChI=1S/C19H30N4O2/c1-4-20-19(21-10-6-12-23-11-5-7-18(23)24)22-14-16-9-8-15(2)17(13-16)25-3/h8-9,13H,4-7,10-12,14H2,1-3H3,(H2,20,21,22). The number of hydrogen-bond acceptors (Lipinski definition) is 3. The molecule has 25 heavy (non-hydrogen) atoms. The van der Waals surface area contributed by atoms with Crippen molar-refractivity contribution in [3.8, 4) is 5.75 Å². The molecule has 1 heterocycles. The van der Waals surface area contributed by atoms with Crippen molar-refractivity contribution in [2.75, 3.05) is 33.3 Å². The Balaban J connectivity index is 1.82. The lowest BCUT2D eigenvalue weighted by Crippen LogP contribution is -2.39. The molecule has 1 amide bonds. The first-order chi connectivity index (χ1) is 12.1. The molecule has 6 heteroatoms. The van der Waals surface area contributed by atoms with Crippen molar-refractivity contribution in [3.63, 3.8) is 0 Å². The maximum atomic E-state index is 11.6. The van der Waals surface area contributed by atoms with Gasteiger partial charge in [-0.15, -0.1) is 0 Å². The number of benzene rings is 1. The Labute approximate surface area is 150 Å². The summed E-state index contributed by atoms with van der Waals surface area (Å²) in [6, 6.07) is 6.16. The Bertz CT molecular complexity index is 601. The van der Waals surface area contributed by atoms with Gasteiger partial charge in [-0.05, 0) is 43.9 Å². The van der Waals surface area contributed by atoms with Gasteiger partial charge in [-0.1, -0.05) is 12.1 Å². The highest BCUT2D eigenvalue weighted by atomic mass is 16.5. The molecule has 0 aromatic heterocycles. The van der Waals surface area contributed by atoms with Crippen LogP contribution in [0.25, 0.3) is 0 Å². The van der Waals surface area contributed by atoms with Gasteiger partial charge in [0.15, 0.2) is 5.96 Å². The van der Waals surface area contributed by atoms with E-state index in [2.05, 4.69) is 34.7 Å². The van der Waals surface area contributed by atoms with Crippen LogP contribution >= 0.6 is 0 Å². The minimum atomic E-state index is 0.286. The molecule has 1 fully saturated rings. The number of nitrogens with zero attached hydrogens (tertiary/aromatic N) is 2. The highest BCUT2D eigenvalue weighted by Gasteiger charge is 2.18. The number of methoxy groups -OCH3 is 1. The maximum absolute atomic E-state index is 11.6. The van der Waals surface area contributed by atoms with Crippen LogP contribution in [-0.2, 0) is 11.3 Å². The number of aryl methyl sites for hydroxylation is 1. The predicted molar refractivity (Wildman–Crippen MR) is 101 cm³/mol. The second kappa shape index (κ2) is 9.91. The second-order valence-corrected chi connectivity index (χ2v) is 6.26. The van der Waals surface area contributed by atoms with Crippen molar-refractivity contribution in [3.05, 3.63) is 29.3 Å². The van der Waals surface area contributed by atoms with Gasteiger partial charge in [0.1, 0.15) is 5.75 Å². The fourth-order valence-corrected chi connectivity index (χ4v) is 2.89. The van der Waals surface area contributed by atoms with Gasteiger partial charge in [0.2, 0.25) is 5.91 Å². The van der Waals surface area contributed by atoms with Crippen molar-refractivity contribution in [1.29, 1.82) is 0 Å². The molecule has 0 atom stereocenters. The van der Waals surface area contributed by atoms with E-state index in [0.717, 1.165) is 61.9 Å². The van der Waals surface area contributed by atoms with Crippen LogP contribution in [0.2, 0.25) is 0 Å². The van der Waals surface area contributed by atoms with E-state index in [1.54, 1.807) is 7.11 Å². The van der Waals surface area contributed by atoms with Gasteiger partial charge in [0.05, 0.1) is 13.7 Å². The highest BCUT2D eigenvalue weighted by molar-refractivity contribution is 5.79. The van der Waals surface area contributed by atoms with Crippen LogP contribution in [0.3, 0.4) is 0 Å². The molecule has 0 bridgehead atoms. The van der Waals surface area contributed by atoms with E-state index in [-0.39, 0.29) is 5.91 Å². The molecular weight excluding hydrogens is 316 g/mol. The Hall–Kier alpha value is -2.24. The molecule has 6 nitrogen and oxygen atoms in total. The molecule has 0 aliphatic carbocycles. The number of hydrogen-bond donors (Lipinski definition) is 2. The van der Waals surface area contributed by atoms with Crippen molar-refractivity contribution in [1.82, 2.24) is 15.5 Å². The fourth-order valence-electron chi connectivity index (χ4n) is 2.89. The number of rotatable bonds is 8. The SMILES string of the molecule is CCNC(=NCc1ccc(C)c(OC)c1)NCCCN1CCCC1=O. The lowest BCUT2D eigenvalue weighted by Gasteiger charge is -2.16. The van der Waals surface area contributed by atoms with Crippen LogP contribution in [0.5, 0.6) is 5.75 Å². The van der Waals surface area contributed by atoms with E-state index < -0.39 is 0 Å². The quantitative estimate of drug-likeness (QED) is 0.430. The Kier molecular flexibility index (Phi) is 7.57. The summed E-state index contributed by atoms with van der Waals surface area (Å²) in [6.07, 6.45) is 2.63. The Morgan fingerprint density at radius 2 is 2.20 bits per heavy atom. The molecule has 138 valence electrons. The third-order valence-corrected chi connectivity index (χ3v) is 4.31. The van der Waals surface area contributed by atoms with Crippen molar-refractivity contribution >= 4 is 11.9 Å². The smallest absolute Gasteiger partial charge is 0.222 e. The minimum absolute atomic E-state index is 0.286. The first-order valence-electron chi connectivity index (χ1n) is 9.07. The summed E-state index contributed by atoms with van der Waals surface area (Å²) in [6.45, 7) is 8.01. The van der Waals surface area contributed by atoms with Gasteiger partial charge < -0.3 is 20.3 Å². The average molecular weight is 346 g/mol. The molecule has 1 aliphatic heterocycles. The molecule has 2 N–H and O–H groups in total. The number of amides is 1. The van der Waals surface area contributed by atoms with E-state index in [0.29, 0.717) is 13.0 Å². The van der Waals surface area contributed by atoms with Crippen LogP contribution in [-0.4, -0.2) is 50.1 Å². The van der Waals surface area contributed by atoms with Gasteiger partial charge >= 0.3 is 0 Å². The van der Waals surface area contributed by atoms with E-state index in [1.807, 2.05) is 17.9 Å². The normalized spacial score (nSPS) is 14.8. The van der Waals surface area contributed by atoms with Gasteiger partial charge in [-0.25, -0.2) is 4.99 Å². The van der Waals surface area contributed by atoms with Gasteiger partial charge in [0, 0.05) is 32.6 Å². The van der Waals surface area contributed by atoms with Crippen LogP contribution < -0.4 is 15.4 Å². The minimum Gasteiger partial charge on any atom is -0.496 e. The topological polar surface area (TPSA) is 66.0 Å². The molecule has 2 rings (SSSR count). The first kappa shape index (κ1) is 19.1. The van der Waals surface area contributed by atoms with E-state index in [1.165, 1.54) is 0 Å². The number of carbonyl (C=O) groups excluding carboxylic acids is 1. The second-order valence-electron chi connectivity index (χ2n) is 6.26. The molecule has 0 radical (unpaired) electrons. The molecule has 0 spiro atoms. The van der Waals surface area contributed by atoms with E-state index in [9.17, 15) is 4.79 Å². The third-order valence-electron chi connectivity index (χ3n) is 4.31. The van der Waals surface area contributed by atoms with Gasteiger partial charge in [0.25, 0.3) is 0 Å². The monoisotopic (exact) mass is 346 g/mol. The zero-order valence-electron chi connectivity index (χ0n) is 15.6. The molecule has 0 unspecified atom stereocenters. The molecule has 1 aromatic rings. The van der Waals surface area contributed by atoms with Crippen LogP contribution in [0.15, 0.2) is 23.2 Å². The van der Waals surface area contributed by atoms with Crippen molar-refractivity contribution < 1.29 is 9.53 Å². The maximum Gasteiger partial charge on any atom is 0.222 e. The first-order valence-corrected chi connectivity index (χ1v) is 9.07. The third kappa shape index (κ3) is 5.96. The number of aliphatic imine (C=N–C) groups is 1. The number of nitrogens with one attached hydrogen (secondary N) is 2. The number of likely N-dealkylation sites (tertiary alicyclic amines) is 1. The molecule has 0 saturated carbocycles. The molecule has 1 aromatic carbocycles. The number of guanidine groups is 1. The van der Waals surface area contributed by atoms with Crippen LogP contribution in [0.1, 0.15) is 37.3 Å². The lowest BCUT2D eigenvalue weighted by molar-refractivity contribution is -0.127. The largest absolute Gasteiger partial charge is 0.496 e. The summed E-state index contributed by atoms with van der Waals surface area (Å²) < 4.78 is 5.36. The summed E-state index contributed by atoms with van der Waals surface area (Å²) in [5, 5.41) is 6.60. The highest BCUT2D eigenvalue weighted by Crippen LogP contribution is 2.19. The van der Waals surface area contributed by atoms with Gasteiger partial charge in [-0.2, -0.15) is 0 Å². The number of ether oxygens (including phenoxy) is 1. The summed E-state index contributed by atoms with van der Waals surface area (Å²) in [5.74, 6) is 1.98. The van der Waals surface area contributed by atoms with Crippen LogP contribution in [0, 0.1) is 6.92 Å². The fraction of sp³-hybridized carbons (Fsp3) is 0.579. The van der Waals surface area contributed by atoms with Crippen molar-refractivity contribution in [2.45, 2.75) is 39.7 Å². The lowest BCUT2D eigenvalue weighted by atomic mass is 10.1. The van der Waals surface area contributed by atoms with Gasteiger partial charge in [-0.3, -0.25) is 4.79 Å². The summed E-state index contributed by atoms with van der Waals surface area (Å²) >= 11 is 0. The summed E-state index contributed by atoms with van der Waals surface area (Å²) in [4.78, 5) is 18.2. The van der Waals surface area contributed by atoms with Crippen LogP contribution in [0.4, 0.5) is 0 Å². The Morgan fingerprint density at radius 3 is 2.88 bits per heavy atom. The summed E-state index contributed by atoms with van der Waals surface area (Å²) in [7, 11) is 1.69. The molecule has 1 saturated heterocycles. The Morgan fingerprint density at radius 1 is 1.36 bits per heavy atom. The number of carbonyl (C=O) groups is 1. The zero-order valence-corrected chi connectivity index (χ0v) is 15.6. The van der Waals surface area contributed by atoms with Crippen molar-refractivity contribution in [2.24, 2.45) is 4.99 Å². The molecule has 1 aliphatic rings. The predicted octanol–water partition coefficient (Wildman–Crippen LogP) is 2.07. The van der Waals surface area contributed by atoms with E-state index >= 15 is 0 Å². The average Bonchev–Trinajstić information content (AvgIpc) is 3.02. The van der Waals surface area contributed by atoms with E-state index in [4.69, 9.17) is 4.74 Å². The molecular formula is C19H30N4O2.